The van der Waals surface area contributed by atoms with Crippen LogP contribution in [0.25, 0.3) is 16.7 Å². The van der Waals surface area contributed by atoms with Gasteiger partial charge in [0.25, 0.3) is 5.91 Å². The molecular weight excluding hydrogens is 522 g/mol. The highest BCUT2D eigenvalue weighted by Crippen LogP contribution is 2.28. The lowest BCUT2D eigenvalue weighted by Crippen LogP contribution is -2.53. The Kier molecular flexibility index (Phi) is 7.14. The van der Waals surface area contributed by atoms with Gasteiger partial charge in [0.2, 0.25) is 5.43 Å². The third-order valence-corrected chi connectivity index (χ3v) is 6.31. The topological polar surface area (TPSA) is 108 Å². The third-order valence-electron chi connectivity index (χ3n) is 6.31. The molecule has 3 aromatic rings. The second-order valence-electron chi connectivity index (χ2n) is 8.90. The Balaban J connectivity index is 1.88. The van der Waals surface area contributed by atoms with Crippen LogP contribution in [0.5, 0.6) is 0 Å². The minimum absolute atomic E-state index is 0.0442. The largest absolute Gasteiger partial charge is 0.408 e. The molecule has 1 saturated heterocycles. The molecule has 204 valence electrons. The van der Waals surface area contributed by atoms with Crippen molar-refractivity contribution in [2.24, 2.45) is 0 Å². The zero-order valence-electron chi connectivity index (χ0n) is 19.8. The van der Waals surface area contributed by atoms with Crippen LogP contribution < -0.4 is 15.6 Å². The van der Waals surface area contributed by atoms with Gasteiger partial charge in [0, 0.05) is 25.2 Å². The minimum atomic E-state index is -4.79. The standard InChI is InChI=1S/C24H22F6N4O4/c1-2-18(24(28,29)30)31-22(36)14-10-34(16-5-3-12(25)9-15(16)26)21-13(20(14)35)4-6-19(32-21)33-8-7-23(37,38)17(27)11-33/h3-6,9-10,17-18,37-38H,2,7-8,11H2,1H3,(H,31,36)/t17?,18-/m1/s1. The monoisotopic (exact) mass is 544 g/mol. The van der Waals surface area contributed by atoms with Crippen LogP contribution in [0, 0.1) is 11.6 Å². The van der Waals surface area contributed by atoms with E-state index in [1.165, 1.54) is 24.0 Å². The average molecular weight is 544 g/mol. The van der Waals surface area contributed by atoms with Crippen molar-refractivity contribution in [3.63, 3.8) is 0 Å². The number of piperidine rings is 1. The molecule has 3 N–H and O–H groups in total. The van der Waals surface area contributed by atoms with Crippen LogP contribution in [0.15, 0.2) is 41.3 Å². The van der Waals surface area contributed by atoms with E-state index < -0.39 is 65.7 Å². The summed E-state index contributed by atoms with van der Waals surface area (Å²) in [7, 11) is 0. The number of nitrogens with zero attached hydrogens (tertiary/aromatic N) is 3. The van der Waals surface area contributed by atoms with Gasteiger partial charge in [0.15, 0.2) is 17.6 Å². The highest BCUT2D eigenvalue weighted by Gasteiger charge is 2.41. The van der Waals surface area contributed by atoms with Crippen molar-refractivity contribution >= 4 is 22.8 Å². The van der Waals surface area contributed by atoms with Gasteiger partial charge in [0.1, 0.15) is 29.1 Å². The molecule has 1 fully saturated rings. The van der Waals surface area contributed by atoms with Crippen LogP contribution in [0.2, 0.25) is 0 Å². The lowest BCUT2D eigenvalue weighted by atomic mass is 10.0. The molecule has 3 heterocycles. The second-order valence-corrected chi connectivity index (χ2v) is 8.90. The maximum Gasteiger partial charge on any atom is 0.408 e. The number of hydrogen-bond donors (Lipinski definition) is 3. The summed E-state index contributed by atoms with van der Waals surface area (Å²) in [6, 6.07) is 2.61. The van der Waals surface area contributed by atoms with E-state index in [1.807, 2.05) is 0 Å². The summed E-state index contributed by atoms with van der Waals surface area (Å²) in [5.41, 5.74) is -2.37. The first-order valence-electron chi connectivity index (χ1n) is 11.5. The van der Waals surface area contributed by atoms with Crippen molar-refractivity contribution in [1.29, 1.82) is 0 Å². The molecule has 1 unspecified atom stereocenters. The van der Waals surface area contributed by atoms with E-state index in [-0.39, 0.29) is 35.5 Å². The molecule has 0 aliphatic carbocycles. The molecule has 1 aliphatic rings. The maximum absolute atomic E-state index is 14.8. The van der Waals surface area contributed by atoms with Crippen LogP contribution in [0.3, 0.4) is 0 Å². The predicted molar refractivity (Wildman–Crippen MR) is 124 cm³/mol. The molecule has 0 saturated carbocycles. The average Bonchev–Trinajstić information content (AvgIpc) is 2.84. The summed E-state index contributed by atoms with van der Waals surface area (Å²) in [6.07, 6.45) is -6.93. The number of halogens is 6. The normalized spacial score (nSPS) is 18.4. The van der Waals surface area contributed by atoms with Crippen LogP contribution in [0.4, 0.5) is 32.2 Å². The van der Waals surface area contributed by atoms with Gasteiger partial charge in [-0.05, 0) is 30.7 Å². The van der Waals surface area contributed by atoms with Crippen molar-refractivity contribution in [1.82, 2.24) is 14.9 Å². The molecule has 2 aromatic heterocycles. The highest BCUT2D eigenvalue weighted by molar-refractivity contribution is 5.97. The van der Waals surface area contributed by atoms with Crippen LogP contribution in [-0.2, 0) is 0 Å². The van der Waals surface area contributed by atoms with Gasteiger partial charge >= 0.3 is 6.18 Å². The Bertz CT molecular complexity index is 1440. The highest BCUT2D eigenvalue weighted by atomic mass is 19.4. The van der Waals surface area contributed by atoms with Gasteiger partial charge in [-0.1, -0.05) is 6.92 Å². The summed E-state index contributed by atoms with van der Waals surface area (Å²) in [4.78, 5) is 31.5. The lowest BCUT2D eigenvalue weighted by molar-refractivity contribution is -0.211. The number of anilines is 1. The fourth-order valence-electron chi connectivity index (χ4n) is 4.14. The molecule has 1 aromatic carbocycles. The van der Waals surface area contributed by atoms with Crippen LogP contribution in [0.1, 0.15) is 30.1 Å². The van der Waals surface area contributed by atoms with Crippen molar-refractivity contribution in [3.8, 4) is 5.69 Å². The van der Waals surface area contributed by atoms with Gasteiger partial charge in [-0.2, -0.15) is 13.2 Å². The van der Waals surface area contributed by atoms with Gasteiger partial charge in [-0.25, -0.2) is 18.2 Å². The fourth-order valence-corrected chi connectivity index (χ4v) is 4.14. The number of carbonyl (C=O) groups is 1. The Hall–Kier alpha value is -3.65. The lowest BCUT2D eigenvalue weighted by Gasteiger charge is -2.37. The van der Waals surface area contributed by atoms with E-state index in [0.717, 1.165) is 22.9 Å². The number of fused-ring (bicyclic) bond motifs is 1. The number of amides is 1. The van der Waals surface area contributed by atoms with E-state index in [1.54, 1.807) is 5.32 Å². The third kappa shape index (κ3) is 5.18. The summed E-state index contributed by atoms with van der Waals surface area (Å²) in [5.74, 6) is -5.89. The number of hydrogen-bond acceptors (Lipinski definition) is 6. The molecule has 1 amide bonds. The number of alkyl halides is 4. The Morgan fingerprint density at radius 2 is 1.95 bits per heavy atom. The summed E-state index contributed by atoms with van der Waals surface area (Å²) in [5, 5.41) is 20.8. The number of rotatable bonds is 5. The number of aliphatic hydroxyl groups is 2. The van der Waals surface area contributed by atoms with Gasteiger partial charge in [0.05, 0.1) is 17.6 Å². The van der Waals surface area contributed by atoms with Crippen molar-refractivity contribution in [2.75, 3.05) is 18.0 Å². The smallest absolute Gasteiger partial charge is 0.363 e. The van der Waals surface area contributed by atoms with E-state index in [0.29, 0.717) is 6.07 Å². The van der Waals surface area contributed by atoms with Crippen molar-refractivity contribution in [3.05, 3.63) is 63.9 Å². The molecule has 0 spiro atoms. The van der Waals surface area contributed by atoms with Gasteiger partial charge in [-0.3, -0.25) is 14.2 Å². The van der Waals surface area contributed by atoms with Crippen molar-refractivity contribution in [2.45, 2.75) is 43.9 Å². The zero-order chi connectivity index (χ0) is 28.0. The Morgan fingerprint density at radius 3 is 2.55 bits per heavy atom. The second kappa shape index (κ2) is 9.91. The van der Waals surface area contributed by atoms with E-state index in [4.69, 9.17) is 0 Å². The van der Waals surface area contributed by atoms with E-state index >= 15 is 0 Å². The van der Waals surface area contributed by atoms with E-state index in [9.17, 15) is 46.1 Å². The molecule has 0 bridgehead atoms. The quantitative estimate of drug-likeness (QED) is 0.337. The van der Waals surface area contributed by atoms with Crippen LogP contribution >= 0.6 is 0 Å². The summed E-state index contributed by atoms with van der Waals surface area (Å²) in [6.45, 7) is 0.672. The molecular formula is C24H22F6N4O4. The number of benzene rings is 1. The summed E-state index contributed by atoms with van der Waals surface area (Å²) >= 11 is 0. The number of aromatic nitrogens is 2. The van der Waals surface area contributed by atoms with Crippen LogP contribution in [-0.4, -0.2) is 62.9 Å². The number of pyridine rings is 2. The molecule has 1 aliphatic heterocycles. The molecule has 4 rings (SSSR count). The first kappa shape index (κ1) is 27.4. The Morgan fingerprint density at radius 1 is 1.24 bits per heavy atom. The SMILES string of the molecule is CC[C@@H](NC(=O)c1cn(-c2ccc(F)cc2F)c2nc(N3CCC(O)(O)C(F)C3)ccc2c1=O)C(F)(F)F. The predicted octanol–water partition coefficient (Wildman–Crippen LogP) is 2.96. The first-order chi connectivity index (χ1) is 17.7. The first-order valence-corrected chi connectivity index (χ1v) is 11.5. The van der Waals surface area contributed by atoms with Gasteiger partial charge < -0.3 is 20.4 Å². The molecule has 2 atom stereocenters. The molecule has 8 nitrogen and oxygen atoms in total. The van der Waals surface area contributed by atoms with Gasteiger partial charge in [-0.15, -0.1) is 0 Å². The van der Waals surface area contributed by atoms with E-state index in [2.05, 4.69) is 4.98 Å². The fraction of sp³-hybridized carbons (Fsp3) is 0.375. The minimum Gasteiger partial charge on any atom is -0.363 e. The summed E-state index contributed by atoms with van der Waals surface area (Å²) < 4.78 is 83.2. The van der Waals surface area contributed by atoms with Crippen molar-refractivity contribution < 1.29 is 41.4 Å². The molecule has 38 heavy (non-hydrogen) atoms. The molecule has 0 radical (unpaired) electrons. The zero-order valence-corrected chi connectivity index (χ0v) is 19.8. The molecule has 14 heteroatoms. The number of nitrogens with one attached hydrogen (secondary N) is 1. The Labute approximate surface area is 211 Å². The number of carbonyl (C=O) groups excluding carboxylic acids is 1. The maximum atomic E-state index is 14.8.